The SMILES string of the molecule is CCNCc1cc(C)ccc1N1CCC(CC)(CC)CC1. The maximum absolute atomic E-state index is 3.48. The Morgan fingerprint density at radius 3 is 2.33 bits per heavy atom. The predicted octanol–water partition coefficient (Wildman–Crippen LogP) is 4.51. The minimum atomic E-state index is 0.600. The van der Waals surface area contributed by atoms with Crippen LogP contribution in [0.5, 0.6) is 0 Å². The Bertz CT molecular complexity index is 439. The number of benzene rings is 1. The molecule has 1 fully saturated rings. The summed E-state index contributed by atoms with van der Waals surface area (Å²) in [5.74, 6) is 0. The molecule has 0 saturated carbocycles. The fourth-order valence-corrected chi connectivity index (χ4v) is 3.60. The first kappa shape index (κ1) is 16.4. The van der Waals surface area contributed by atoms with E-state index in [0.717, 1.165) is 13.1 Å². The second kappa shape index (κ2) is 7.31. The van der Waals surface area contributed by atoms with E-state index >= 15 is 0 Å². The van der Waals surface area contributed by atoms with Crippen molar-refractivity contribution in [3.63, 3.8) is 0 Å². The van der Waals surface area contributed by atoms with Gasteiger partial charge in [0.05, 0.1) is 0 Å². The van der Waals surface area contributed by atoms with Crippen molar-refractivity contribution in [3.8, 4) is 0 Å². The Kier molecular flexibility index (Phi) is 5.69. The Morgan fingerprint density at radius 2 is 1.76 bits per heavy atom. The Morgan fingerprint density at radius 1 is 1.10 bits per heavy atom. The highest BCUT2D eigenvalue weighted by atomic mass is 15.1. The van der Waals surface area contributed by atoms with Crippen molar-refractivity contribution in [2.24, 2.45) is 5.41 Å². The fraction of sp³-hybridized carbons (Fsp3) is 0.684. The predicted molar refractivity (Wildman–Crippen MR) is 93.0 cm³/mol. The molecule has 1 saturated heterocycles. The Hall–Kier alpha value is -1.02. The lowest BCUT2D eigenvalue weighted by Gasteiger charge is -2.42. The van der Waals surface area contributed by atoms with E-state index < -0.39 is 0 Å². The van der Waals surface area contributed by atoms with Gasteiger partial charge in [-0.3, -0.25) is 0 Å². The summed E-state index contributed by atoms with van der Waals surface area (Å²) >= 11 is 0. The molecule has 1 aliphatic rings. The zero-order valence-corrected chi connectivity index (χ0v) is 14.3. The van der Waals surface area contributed by atoms with Gasteiger partial charge in [0.25, 0.3) is 0 Å². The first-order valence-electron chi connectivity index (χ1n) is 8.69. The third-order valence-electron chi connectivity index (χ3n) is 5.47. The van der Waals surface area contributed by atoms with Crippen molar-refractivity contribution < 1.29 is 0 Å². The molecule has 1 aliphatic heterocycles. The summed E-state index contributed by atoms with van der Waals surface area (Å²) in [6, 6.07) is 6.93. The van der Waals surface area contributed by atoms with Crippen molar-refractivity contribution in [1.82, 2.24) is 5.32 Å². The first-order valence-corrected chi connectivity index (χ1v) is 8.69. The monoisotopic (exact) mass is 288 g/mol. The standard InChI is InChI=1S/C19H32N2/c1-5-19(6-2)10-12-21(13-11-19)18-9-8-16(4)14-17(18)15-20-7-3/h8-9,14,20H,5-7,10-13,15H2,1-4H3. The highest BCUT2D eigenvalue weighted by Crippen LogP contribution is 2.39. The number of hydrogen-bond acceptors (Lipinski definition) is 2. The van der Waals surface area contributed by atoms with Gasteiger partial charge in [0, 0.05) is 25.3 Å². The molecule has 1 aromatic carbocycles. The number of nitrogens with one attached hydrogen (secondary N) is 1. The molecular weight excluding hydrogens is 256 g/mol. The van der Waals surface area contributed by atoms with Gasteiger partial charge in [-0.05, 0) is 43.4 Å². The highest BCUT2D eigenvalue weighted by Gasteiger charge is 2.31. The van der Waals surface area contributed by atoms with Gasteiger partial charge in [-0.25, -0.2) is 0 Å². The number of piperidine rings is 1. The van der Waals surface area contributed by atoms with Crippen LogP contribution in [0, 0.1) is 12.3 Å². The van der Waals surface area contributed by atoms with E-state index in [1.165, 1.54) is 55.6 Å². The van der Waals surface area contributed by atoms with Gasteiger partial charge in [0.15, 0.2) is 0 Å². The van der Waals surface area contributed by atoms with Crippen LogP contribution >= 0.6 is 0 Å². The highest BCUT2D eigenvalue weighted by molar-refractivity contribution is 5.55. The van der Waals surface area contributed by atoms with Crippen LogP contribution in [0.2, 0.25) is 0 Å². The van der Waals surface area contributed by atoms with Crippen molar-refractivity contribution in [2.45, 2.75) is 59.9 Å². The van der Waals surface area contributed by atoms with Gasteiger partial charge in [0.1, 0.15) is 0 Å². The van der Waals surface area contributed by atoms with E-state index in [9.17, 15) is 0 Å². The average Bonchev–Trinajstić information content (AvgIpc) is 2.53. The zero-order valence-electron chi connectivity index (χ0n) is 14.3. The number of aryl methyl sites for hydroxylation is 1. The van der Waals surface area contributed by atoms with Crippen LogP contribution in [0.15, 0.2) is 18.2 Å². The molecule has 118 valence electrons. The molecule has 0 amide bonds. The number of rotatable bonds is 6. The lowest BCUT2D eigenvalue weighted by Crippen LogP contribution is -2.40. The van der Waals surface area contributed by atoms with E-state index in [1.54, 1.807) is 0 Å². The maximum atomic E-state index is 3.48. The van der Waals surface area contributed by atoms with Gasteiger partial charge < -0.3 is 10.2 Å². The van der Waals surface area contributed by atoms with E-state index in [2.05, 4.69) is 56.1 Å². The third kappa shape index (κ3) is 3.79. The smallest absolute Gasteiger partial charge is 0.0412 e. The minimum Gasteiger partial charge on any atom is -0.371 e. The average molecular weight is 288 g/mol. The number of nitrogens with zero attached hydrogens (tertiary/aromatic N) is 1. The largest absolute Gasteiger partial charge is 0.371 e. The molecule has 0 unspecified atom stereocenters. The summed E-state index contributed by atoms with van der Waals surface area (Å²) in [6.07, 6.45) is 5.34. The molecule has 0 aliphatic carbocycles. The second-order valence-electron chi connectivity index (χ2n) is 6.61. The van der Waals surface area contributed by atoms with Gasteiger partial charge in [-0.1, -0.05) is 51.3 Å². The first-order chi connectivity index (χ1) is 10.1. The van der Waals surface area contributed by atoms with E-state index in [4.69, 9.17) is 0 Å². The van der Waals surface area contributed by atoms with Crippen LogP contribution in [0.1, 0.15) is 57.6 Å². The van der Waals surface area contributed by atoms with Crippen LogP contribution in [0.4, 0.5) is 5.69 Å². The third-order valence-corrected chi connectivity index (χ3v) is 5.47. The lowest BCUT2D eigenvalue weighted by atomic mass is 9.74. The maximum Gasteiger partial charge on any atom is 0.0412 e. The van der Waals surface area contributed by atoms with E-state index in [0.29, 0.717) is 5.41 Å². The topological polar surface area (TPSA) is 15.3 Å². The molecule has 1 aromatic rings. The normalized spacial score (nSPS) is 18.0. The summed E-state index contributed by atoms with van der Waals surface area (Å²) in [5, 5.41) is 3.48. The zero-order chi connectivity index (χ0) is 15.3. The lowest BCUT2D eigenvalue weighted by molar-refractivity contribution is 0.199. The molecule has 21 heavy (non-hydrogen) atoms. The molecule has 2 nitrogen and oxygen atoms in total. The van der Waals surface area contributed by atoms with Crippen molar-refractivity contribution in [2.75, 3.05) is 24.5 Å². The van der Waals surface area contributed by atoms with E-state index in [-0.39, 0.29) is 0 Å². The molecule has 2 rings (SSSR count). The van der Waals surface area contributed by atoms with Crippen LogP contribution in [0.25, 0.3) is 0 Å². The van der Waals surface area contributed by atoms with Gasteiger partial charge in [0.2, 0.25) is 0 Å². The molecule has 1 N–H and O–H groups in total. The van der Waals surface area contributed by atoms with Crippen molar-refractivity contribution in [3.05, 3.63) is 29.3 Å². The second-order valence-corrected chi connectivity index (χ2v) is 6.61. The summed E-state index contributed by atoms with van der Waals surface area (Å²) < 4.78 is 0. The molecule has 0 bridgehead atoms. The molecule has 2 heteroatoms. The fourth-order valence-electron chi connectivity index (χ4n) is 3.60. The van der Waals surface area contributed by atoms with Crippen LogP contribution in [-0.2, 0) is 6.54 Å². The summed E-state index contributed by atoms with van der Waals surface area (Å²) in [5.41, 5.74) is 4.86. The Balaban J connectivity index is 2.12. The quantitative estimate of drug-likeness (QED) is 0.828. The minimum absolute atomic E-state index is 0.600. The van der Waals surface area contributed by atoms with Crippen LogP contribution in [0.3, 0.4) is 0 Å². The molecule has 0 aromatic heterocycles. The molecule has 0 atom stereocenters. The van der Waals surface area contributed by atoms with Crippen molar-refractivity contribution in [1.29, 1.82) is 0 Å². The number of anilines is 1. The van der Waals surface area contributed by atoms with Gasteiger partial charge >= 0.3 is 0 Å². The van der Waals surface area contributed by atoms with E-state index in [1.807, 2.05) is 0 Å². The summed E-state index contributed by atoms with van der Waals surface area (Å²) in [7, 11) is 0. The Labute approximate surface area is 130 Å². The number of hydrogen-bond donors (Lipinski definition) is 1. The summed E-state index contributed by atoms with van der Waals surface area (Å²) in [4.78, 5) is 2.61. The van der Waals surface area contributed by atoms with Gasteiger partial charge in [-0.2, -0.15) is 0 Å². The molecular formula is C19H32N2. The van der Waals surface area contributed by atoms with Crippen molar-refractivity contribution >= 4 is 5.69 Å². The van der Waals surface area contributed by atoms with Crippen LogP contribution in [-0.4, -0.2) is 19.6 Å². The summed E-state index contributed by atoms with van der Waals surface area (Å²) in [6.45, 7) is 13.5. The molecule has 0 spiro atoms. The molecule has 1 heterocycles. The van der Waals surface area contributed by atoms with Crippen LogP contribution < -0.4 is 10.2 Å². The van der Waals surface area contributed by atoms with Gasteiger partial charge in [-0.15, -0.1) is 0 Å². The molecule has 0 radical (unpaired) electrons.